The third-order valence-corrected chi connectivity index (χ3v) is 4.74. The van der Waals surface area contributed by atoms with Crippen LogP contribution in [0.15, 0.2) is 0 Å². The van der Waals surface area contributed by atoms with Crippen LogP contribution in [0.2, 0.25) is 0 Å². The normalized spacial score (nSPS) is 27.2. The molecule has 1 rings (SSSR count). The van der Waals surface area contributed by atoms with E-state index in [1.807, 2.05) is 0 Å². The van der Waals surface area contributed by atoms with Gasteiger partial charge < -0.3 is 14.9 Å². The van der Waals surface area contributed by atoms with Crippen LogP contribution < -0.4 is 0 Å². The van der Waals surface area contributed by atoms with Gasteiger partial charge in [0.25, 0.3) is 0 Å². The number of aliphatic carboxylic acids is 1. The number of carboxylic acid groups (broad SMARTS) is 1. The van der Waals surface area contributed by atoms with Crippen molar-refractivity contribution in [1.29, 1.82) is 0 Å². The zero-order valence-electron chi connectivity index (χ0n) is 13.7. The lowest BCUT2D eigenvalue weighted by molar-refractivity contribution is -0.153. The summed E-state index contributed by atoms with van der Waals surface area (Å²) in [5.41, 5.74) is -0.499. The Labute approximate surface area is 124 Å². The van der Waals surface area contributed by atoms with Gasteiger partial charge in [-0.1, -0.05) is 13.8 Å². The fourth-order valence-electron chi connectivity index (χ4n) is 3.14. The van der Waals surface area contributed by atoms with Crippen LogP contribution >= 0.6 is 0 Å². The van der Waals surface area contributed by atoms with Crippen molar-refractivity contribution < 1.29 is 9.90 Å². The van der Waals surface area contributed by atoms with E-state index >= 15 is 0 Å². The summed E-state index contributed by atoms with van der Waals surface area (Å²) in [7, 11) is 4.16. The van der Waals surface area contributed by atoms with Gasteiger partial charge in [0.15, 0.2) is 0 Å². The van der Waals surface area contributed by atoms with Crippen molar-refractivity contribution in [1.82, 2.24) is 9.80 Å². The fourth-order valence-corrected chi connectivity index (χ4v) is 3.14. The smallest absolute Gasteiger partial charge is 0.310 e. The Morgan fingerprint density at radius 1 is 1.25 bits per heavy atom. The summed E-state index contributed by atoms with van der Waals surface area (Å²) in [5, 5.41) is 9.70. The molecule has 4 heteroatoms. The average Bonchev–Trinajstić information content (AvgIpc) is 2.39. The van der Waals surface area contributed by atoms with Crippen molar-refractivity contribution in [3.05, 3.63) is 0 Å². The highest BCUT2D eigenvalue weighted by molar-refractivity contribution is 5.75. The monoisotopic (exact) mass is 284 g/mol. The van der Waals surface area contributed by atoms with Crippen LogP contribution in [0.4, 0.5) is 0 Å². The number of carbonyl (C=O) groups is 1. The maximum absolute atomic E-state index is 11.8. The summed E-state index contributed by atoms with van der Waals surface area (Å²) < 4.78 is 0. The SMILES string of the molecule is CCN(CCCN(C)C)CC1(C(=O)O)CCC(C)CC1. The third-order valence-electron chi connectivity index (χ3n) is 4.74. The van der Waals surface area contributed by atoms with Crippen molar-refractivity contribution in [2.24, 2.45) is 11.3 Å². The minimum atomic E-state index is -0.588. The topological polar surface area (TPSA) is 43.8 Å². The number of hydrogen-bond acceptors (Lipinski definition) is 3. The van der Waals surface area contributed by atoms with Crippen LogP contribution in [0.1, 0.15) is 46.0 Å². The van der Waals surface area contributed by atoms with E-state index < -0.39 is 11.4 Å². The highest BCUT2D eigenvalue weighted by Crippen LogP contribution is 2.39. The molecule has 0 amide bonds. The molecule has 4 nitrogen and oxygen atoms in total. The Morgan fingerprint density at radius 2 is 1.85 bits per heavy atom. The van der Waals surface area contributed by atoms with Gasteiger partial charge in [0.05, 0.1) is 5.41 Å². The van der Waals surface area contributed by atoms with E-state index in [1.54, 1.807) is 0 Å². The Hall–Kier alpha value is -0.610. The Balaban J connectivity index is 2.56. The molecule has 1 fully saturated rings. The fraction of sp³-hybridized carbons (Fsp3) is 0.938. The molecule has 1 N–H and O–H groups in total. The Morgan fingerprint density at radius 3 is 2.30 bits per heavy atom. The maximum Gasteiger partial charge on any atom is 0.310 e. The molecule has 118 valence electrons. The molecule has 0 aromatic heterocycles. The predicted octanol–water partition coefficient (Wildman–Crippen LogP) is 2.54. The highest BCUT2D eigenvalue weighted by Gasteiger charge is 2.42. The van der Waals surface area contributed by atoms with Crippen LogP contribution in [0.5, 0.6) is 0 Å². The second-order valence-corrected chi connectivity index (χ2v) is 6.79. The van der Waals surface area contributed by atoms with Gasteiger partial charge in [-0.25, -0.2) is 0 Å². The quantitative estimate of drug-likeness (QED) is 0.744. The Bertz CT molecular complexity index is 297. The van der Waals surface area contributed by atoms with Gasteiger partial charge in [-0.15, -0.1) is 0 Å². The minimum absolute atomic E-state index is 0.499. The second-order valence-electron chi connectivity index (χ2n) is 6.79. The van der Waals surface area contributed by atoms with E-state index in [1.165, 1.54) is 0 Å². The van der Waals surface area contributed by atoms with Crippen LogP contribution in [-0.4, -0.2) is 61.2 Å². The molecule has 0 aromatic carbocycles. The molecule has 1 saturated carbocycles. The molecule has 0 atom stereocenters. The molecular formula is C16H32N2O2. The van der Waals surface area contributed by atoms with Gasteiger partial charge in [-0.3, -0.25) is 4.79 Å². The molecule has 0 radical (unpaired) electrons. The molecule has 0 heterocycles. The summed E-state index contributed by atoms with van der Waals surface area (Å²) in [6, 6.07) is 0. The number of hydrogen-bond donors (Lipinski definition) is 1. The molecule has 0 unspecified atom stereocenters. The molecule has 0 saturated heterocycles. The average molecular weight is 284 g/mol. The molecule has 0 aliphatic heterocycles. The van der Waals surface area contributed by atoms with Gasteiger partial charge in [-0.05, 0) is 71.8 Å². The first-order valence-corrected chi connectivity index (χ1v) is 8.00. The Kier molecular flexibility index (Phi) is 6.96. The summed E-state index contributed by atoms with van der Waals surface area (Å²) in [6.07, 6.45) is 4.90. The lowest BCUT2D eigenvalue weighted by Crippen LogP contribution is -2.45. The molecule has 1 aliphatic rings. The van der Waals surface area contributed by atoms with E-state index in [9.17, 15) is 9.90 Å². The van der Waals surface area contributed by atoms with Crippen LogP contribution in [0.25, 0.3) is 0 Å². The van der Waals surface area contributed by atoms with Crippen LogP contribution in [-0.2, 0) is 4.79 Å². The number of carboxylic acids is 1. The number of nitrogens with zero attached hydrogens (tertiary/aromatic N) is 2. The van der Waals surface area contributed by atoms with E-state index in [0.717, 1.165) is 58.3 Å². The van der Waals surface area contributed by atoms with Gasteiger partial charge in [0, 0.05) is 6.54 Å². The van der Waals surface area contributed by atoms with Crippen molar-refractivity contribution >= 4 is 5.97 Å². The minimum Gasteiger partial charge on any atom is -0.481 e. The van der Waals surface area contributed by atoms with Crippen molar-refractivity contribution in [3.63, 3.8) is 0 Å². The first-order chi connectivity index (χ1) is 9.39. The summed E-state index contributed by atoms with van der Waals surface area (Å²) in [4.78, 5) is 16.3. The zero-order chi connectivity index (χ0) is 15.2. The maximum atomic E-state index is 11.8. The van der Waals surface area contributed by atoms with Crippen LogP contribution in [0.3, 0.4) is 0 Å². The van der Waals surface area contributed by atoms with Crippen molar-refractivity contribution in [3.8, 4) is 0 Å². The molecule has 1 aliphatic carbocycles. The first kappa shape index (κ1) is 17.4. The zero-order valence-corrected chi connectivity index (χ0v) is 13.7. The summed E-state index contributed by atoms with van der Waals surface area (Å²) >= 11 is 0. The van der Waals surface area contributed by atoms with E-state index in [-0.39, 0.29) is 0 Å². The van der Waals surface area contributed by atoms with Crippen molar-refractivity contribution in [2.45, 2.75) is 46.0 Å². The summed E-state index contributed by atoms with van der Waals surface area (Å²) in [5.74, 6) is 0.0988. The number of rotatable bonds is 8. The van der Waals surface area contributed by atoms with E-state index in [2.05, 4.69) is 37.7 Å². The van der Waals surface area contributed by atoms with E-state index in [0.29, 0.717) is 5.92 Å². The van der Waals surface area contributed by atoms with Crippen LogP contribution in [0, 0.1) is 11.3 Å². The van der Waals surface area contributed by atoms with Crippen molar-refractivity contribution in [2.75, 3.05) is 40.3 Å². The molecule has 20 heavy (non-hydrogen) atoms. The molecular weight excluding hydrogens is 252 g/mol. The second kappa shape index (κ2) is 7.99. The van der Waals surface area contributed by atoms with Gasteiger partial charge in [0.1, 0.15) is 0 Å². The van der Waals surface area contributed by atoms with Gasteiger partial charge >= 0.3 is 5.97 Å². The summed E-state index contributed by atoms with van der Waals surface area (Å²) in [6.45, 7) is 8.10. The molecule has 0 aromatic rings. The largest absolute Gasteiger partial charge is 0.481 e. The van der Waals surface area contributed by atoms with Gasteiger partial charge in [-0.2, -0.15) is 0 Å². The lowest BCUT2D eigenvalue weighted by Gasteiger charge is -2.39. The van der Waals surface area contributed by atoms with Gasteiger partial charge in [0.2, 0.25) is 0 Å². The molecule has 0 bridgehead atoms. The first-order valence-electron chi connectivity index (χ1n) is 8.00. The standard InChI is InChI=1S/C16H32N2O2/c1-5-18(12-6-11-17(3)4)13-16(15(19)20)9-7-14(2)8-10-16/h14H,5-13H2,1-4H3,(H,19,20). The third kappa shape index (κ3) is 5.06. The lowest BCUT2D eigenvalue weighted by atomic mass is 9.70. The van der Waals surface area contributed by atoms with E-state index in [4.69, 9.17) is 0 Å². The highest BCUT2D eigenvalue weighted by atomic mass is 16.4. The molecule has 0 spiro atoms. The predicted molar refractivity (Wildman–Crippen MR) is 83.0 cm³/mol.